The van der Waals surface area contributed by atoms with Crippen molar-refractivity contribution in [2.75, 3.05) is 13.2 Å². The van der Waals surface area contributed by atoms with Crippen LogP contribution in [0, 0.1) is 0 Å². The predicted molar refractivity (Wildman–Crippen MR) is 70.0 cm³/mol. The van der Waals surface area contributed by atoms with Crippen molar-refractivity contribution in [1.82, 2.24) is 4.90 Å². The summed E-state index contributed by atoms with van der Waals surface area (Å²) < 4.78 is 5.40. The summed E-state index contributed by atoms with van der Waals surface area (Å²) in [6, 6.07) is 6.72. The van der Waals surface area contributed by atoms with Crippen LogP contribution in [0.5, 0.6) is 5.75 Å². The van der Waals surface area contributed by atoms with E-state index in [-0.39, 0.29) is 32.4 Å². The molecule has 5 nitrogen and oxygen atoms in total. The zero-order valence-electron chi connectivity index (χ0n) is 9.80. The van der Waals surface area contributed by atoms with Gasteiger partial charge >= 0.3 is 0 Å². The maximum absolute atomic E-state index is 11.3. The number of likely N-dealkylation sites (tertiary alicyclic amines) is 1. The van der Waals surface area contributed by atoms with Gasteiger partial charge in [-0.15, -0.1) is 0 Å². The second-order valence-electron chi connectivity index (χ2n) is 3.98. The summed E-state index contributed by atoms with van der Waals surface area (Å²) in [5, 5.41) is 0. The summed E-state index contributed by atoms with van der Waals surface area (Å²) in [5.74, 6) is 0.258. The van der Waals surface area contributed by atoms with E-state index in [1.807, 2.05) is 0 Å². The fraction of sp³-hybridized carbons (Fsp3) is 0.357. The van der Waals surface area contributed by atoms with Gasteiger partial charge in [0.25, 0.3) is 0 Å². The second-order valence-corrected chi connectivity index (χ2v) is 3.98. The average Bonchev–Trinajstić information content (AvgIpc) is 2.70. The Balaban J connectivity index is 0.00000180. The quantitative estimate of drug-likeness (QED) is 0.598. The summed E-state index contributed by atoms with van der Waals surface area (Å²) >= 11 is 0. The van der Waals surface area contributed by atoms with Crippen LogP contribution < -0.4 is 4.74 Å². The molecule has 19 heavy (non-hydrogen) atoms. The van der Waals surface area contributed by atoms with E-state index in [2.05, 4.69) is 0 Å². The Morgan fingerprint density at radius 2 is 1.89 bits per heavy atom. The molecule has 0 N–H and O–H groups in total. The smallest absolute Gasteiger partial charge is 0.229 e. The first-order chi connectivity index (χ1) is 8.70. The summed E-state index contributed by atoms with van der Waals surface area (Å²) in [6.07, 6.45) is 1.32. The zero-order valence-corrected chi connectivity index (χ0v) is 9.80. The van der Waals surface area contributed by atoms with E-state index in [1.165, 1.54) is 4.90 Å². The lowest BCUT2D eigenvalue weighted by atomic mass is 10.2. The van der Waals surface area contributed by atoms with Crippen molar-refractivity contribution in [3.05, 3.63) is 29.8 Å². The Labute approximate surface area is 112 Å². The molecule has 0 saturated carbocycles. The molecule has 1 aromatic rings. The zero-order chi connectivity index (χ0) is 13.0. The summed E-state index contributed by atoms with van der Waals surface area (Å²) in [7, 11) is 0. The monoisotopic (exact) mass is 263 g/mol. The molecule has 2 rings (SSSR count). The standard InChI is InChI=1S/C13H13NO4.CH4/c15-9-10-2-1-3-11(8-10)18-7-6-14-12(16)4-5-13(14)17;/h1-3,8-9H,4-7H2;1H4. The van der Waals surface area contributed by atoms with Crippen molar-refractivity contribution in [1.29, 1.82) is 0 Å². The number of hydrogen-bond donors (Lipinski definition) is 0. The second kappa shape index (κ2) is 6.68. The Morgan fingerprint density at radius 3 is 2.53 bits per heavy atom. The molecule has 0 aromatic heterocycles. The third-order valence-electron chi connectivity index (χ3n) is 2.73. The van der Waals surface area contributed by atoms with Crippen molar-refractivity contribution in [3.63, 3.8) is 0 Å². The molecule has 1 fully saturated rings. The van der Waals surface area contributed by atoms with Gasteiger partial charge in [0.05, 0.1) is 6.54 Å². The number of rotatable bonds is 5. The molecule has 0 unspecified atom stereocenters. The number of nitrogens with zero attached hydrogens (tertiary/aromatic N) is 1. The van der Waals surface area contributed by atoms with Gasteiger partial charge in [0.15, 0.2) is 0 Å². The minimum atomic E-state index is -0.148. The highest BCUT2D eigenvalue weighted by molar-refractivity contribution is 6.01. The van der Waals surface area contributed by atoms with E-state index in [1.54, 1.807) is 24.3 Å². The lowest BCUT2D eigenvalue weighted by molar-refractivity contribution is -0.138. The molecule has 1 aliphatic heterocycles. The number of hydrogen-bond acceptors (Lipinski definition) is 4. The van der Waals surface area contributed by atoms with Crippen molar-refractivity contribution in [2.45, 2.75) is 20.3 Å². The predicted octanol–water partition coefficient (Wildman–Crippen LogP) is 1.66. The normalized spacial score (nSPS) is 14.2. The highest BCUT2D eigenvalue weighted by Crippen LogP contribution is 2.14. The maximum atomic E-state index is 11.3. The molecular formula is C14H17NO4. The van der Waals surface area contributed by atoms with Crippen LogP contribution in [-0.2, 0) is 9.59 Å². The summed E-state index contributed by atoms with van der Waals surface area (Å²) in [4.78, 5) is 34.4. The highest BCUT2D eigenvalue weighted by Gasteiger charge is 2.28. The molecular weight excluding hydrogens is 246 g/mol. The minimum Gasteiger partial charge on any atom is -0.492 e. The van der Waals surface area contributed by atoms with Gasteiger partial charge in [0, 0.05) is 18.4 Å². The molecule has 5 heteroatoms. The molecule has 1 saturated heterocycles. The van der Waals surface area contributed by atoms with Crippen molar-refractivity contribution >= 4 is 18.1 Å². The van der Waals surface area contributed by atoms with Crippen molar-refractivity contribution in [3.8, 4) is 5.75 Å². The molecule has 0 spiro atoms. The van der Waals surface area contributed by atoms with E-state index < -0.39 is 0 Å². The fourth-order valence-electron chi connectivity index (χ4n) is 1.80. The molecule has 0 bridgehead atoms. The Kier molecular flexibility index (Phi) is 5.23. The Hall–Kier alpha value is -2.17. The van der Waals surface area contributed by atoms with Crippen LogP contribution in [-0.4, -0.2) is 36.2 Å². The van der Waals surface area contributed by atoms with Gasteiger partial charge < -0.3 is 4.74 Å². The number of ether oxygens (including phenoxy) is 1. The fourth-order valence-corrected chi connectivity index (χ4v) is 1.80. The van der Waals surface area contributed by atoms with E-state index >= 15 is 0 Å². The first kappa shape index (κ1) is 14.9. The van der Waals surface area contributed by atoms with Gasteiger partial charge in [0.1, 0.15) is 18.6 Å². The van der Waals surface area contributed by atoms with Gasteiger partial charge in [-0.3, -0.25) is 19.3 Å². The Bertz CT molecular complexity index is 468. The largest absolute Gasteiger partial charge is 0.492 e. The Morgan fingerprint density at radius 1 is 1.21 bits per heavy atom. The van der Waals surface area contributed by atoms with Crippen LogP contribution in [0.15, 0.2) is 24.3 Å². The molecule has 1 aromatic carbocycles. The number of amides is 2. The first-order valence-electron chi connectivity index (χ1n) is 5.72. The van der Waals surface area contributed by atoms with Crippen LogP contribution in [0.4, 0.5) is 0 Å². The van der Waals surface area contributed by atoms with Crippen LogP contribution in [0.3, 0.4) is 0 Å². The van der Waals surface area contributed by atoms with Gasteiger partial charge in [-0.05, 0) is 12.1 Å². The van der Waals surface area contributed by atoms with Crippen LogP contribution in [0.2, 0.25) is 0 Å². The lowest BCUT2D eigenvalue weighted by Crippen LogP contribution is -2.33. The van der Waals surface area contributed by atoms with Crippen LogP contribution >= 0.6 is 0 Å². The van der Waals surface area contributed by atoms with E-state index in [4.69, 9.17) is 4.74 Å². The third kappa shape index (κ3) is 3.64. The maximum Gasteiger partial charge on any atom is 0.229 e. The number of carbonyl (C=O) groups is 3. The topological polar surface area (TPSA) is 63.7 Å². The van der Waals surface area contributed by atoms with Crippen molar-refractivity contribution < 1.29 is 19.1 Å². The number of carbonyl (C=O) groups excluding carboxylic acids is 3. The van der Waals surface area contributed by atoms with E-state index in [0.717, 1.165) is 6.29 Å². The number of aldehydes is 1. The first-order valence-corrected chi connectivity index (χ1v) is 5.72. The molecule has 0 radical (unpaired) electrons. The van der Waals surface area contributed by atoms with Gasteiger partial charge in [-0.1, -0.05) is 19.6 Å². The summed E-state index contributed by atoms with van der Waals surface area (Å²) in [5.41, 5.74) is 0.529. The van der Waals surface area contributed by atoms with E-state index in [0.29, 0.717) is 24.2 Å². The number of benzene rings is 1. The van der Waals surface area contributed by atoms with Gasteiger partial charge in [-0.25, -0.2) is 0 Å². The number of imide groups is 1. The lowest BCUT2D eigenvalue weighted by Gasteiger charge is -2.14. The minimum absolute atomic E-state index is 0. The van der Waals surface area contributed by atoms with Crippen LogP contribution in [0.1, 0.15) is 30.6 Å². The summed E-state index contributed by atoms with van der Waals surface area (Å²) in [6.45, 7) is 0.489. The third-order valence-corrected chi connectivity index (χ3v) is 2.73. The van der Waals surface area contributed by atoms with Crippen LogP contribution in [0.25, 0.3) is 0 Å². The van der Waals surface area contributed by atoms with Gasteiger partial charge in [0.2, 0.25) is 11.8 Å². The average molecular weight is 263 g/mol. The molecule has 0 aliphatic carbocycles. The van der Waals surface area contributed by atoms with Crippen molar-refractivity contribution in [2.24, 2.45) is 0 Å². The highest BCUT2D eigenvalue weighted by atomic mass is 16.5. The molecule has 1 aliphatic rings. The molecule has 2 amide bonds. The van der Waals surface area contributed by atoms with E-state index in [9.17, 15) is 14.4 Å². The molecule has 102 valence electrons. The molecule has 1 heterocycles. The molecule has 0 atom stereocenters. The van der Waals surface area contributed by atoms with Gasteiger partial charge in [-0.2, -0.15) is 0 Å². The SMILES string of the molecule is C.O=Cc1cccc(OCCN2C(=O)CCC2=O)c1.